The van der Waals surface area contributed by atoms with E-state index in [0.29, 0.717) is 12.6 Å². The Kier molecular flexibility index (Phi) is 4.03. The summed E-state index contributed by atoms with van der Waals surface area (Å²) in [6.07, 6.45) is 2.43. The lowest BCUT2D eigenvalue weighted by atomic mass is 10.1. The van der Waals surface area contributed by atoms with E-state index in [1.54, 1.807) is 23.5 Å². The zero-order chi connectivity index (χ0) is 13.9. The van der Waals surface area contributed by atoms with Crippen LogP contribution in [0.15, 0.2) is 35.0 Å². The van der Waals surface area contributed by atoms with E-state index < -0.39 is 0 Å². The summed E-state index contributed by atoms with van der Waals surface area (Å²) in [5.74, 6) is -0.118. The summed E-state index contributed by atoms with van der Waals surface area (Å²) in [6.45, 7) is 1.42. The molecule has 1 aromatic carbocycles. The van der Waals surface area contributed by atoms with Crippen LogP contribution in [0.2, 0.25) is 0 Å². The third-order valence-corrected chi connectivity index (χ3v) is 4.38. The van der Waals surface area contributed by atoms with Gasteiger partial charge in [0.05, 0.1) is 0 Å². The fraction of sp³-hybridized carbons (Fsp3) is 0.375. The number of hydrogen-bond acceptors (Lipinski definition) is 3. The number of nitrogens with one attached hydrogen (secondary N) is 1. The molecule has 0 atom stereocenters. The maximum absolute atomic E-state index is 14.1. The molecule has 0 spiro atoms. The lowest BCUT2D eigenvalue weighted by Crippen LogP contribution is -2.22. The maximum Gasteiger partial charge on any atom is 0.129 e. The summed E-state index contributed by atoms with van der Waals surface area (Å²) in [5.41, 5.74) is 3.02. The second-order valence-corrected chi connectivity index (χ2v) is 6.16. The molecule has 0 aliphatic heterocycles. The van der Waals surface area contributed by atoms with E-state index in [1.807, 2.05) is 13.1 Å². The Morgan fingerprint density at radius 2 is 2.20 bits per heavy atom. The van der Waals surface area contributed by atoms with Gasteiger partial charge >= 0.3 is 0 Å². The van der Waals surface area contributed by atoms with Gasteiger partial charge in [-0.1, -0.05) is 6.07 Å². The molecule has 1 fully saturated rings. The molecule has 20 heavy (non-hydrogen) atoms. The minimum atomic E-state index is -0.118. The van der Waals surface area contributed by atoms with Crippen LogP contribution < -0.4 is 10.2 Å². The molecule has 1 N–H and O–H groups in total. The van der Waals surface area contributed by atoms with Gasteiger partial charge in [-0.3, -0.25) is 0 Å². The van der Waals surface area contributed by atoms with Crippen LogP contribution in [0, 0.1) is 5.82 Å². The molecule has 4 heteroatoms. The minimum absolute atomic E-state index is 0.118. The maximum atomic E-state index is 14.1. The van der Waals surface area contributed by atoms with Crippen molar-refractivity contribution in [1.82, 2.24) is 5.32 Å². The third kappa shape index (κ3) is 3.19. The van der Waals surface area contributed by atoms with Crippen LogP contribution in [0.1, 0.15) is 24.0 Å². The highest BCUT2D eigenvalue weighted by atomic mass is 32.1. The van der Waals surface area contributed by atoms with Gasteiger partial charge in [-0.05, 0) is 47.4 Å². The van der Waals surface area contributed by atoms with Gasteiger partial charge in [0.15, 0.2) is 0 Å². The first-order chi connectivity index (χ1) is 9.74. The van der Waals surface area contributed by atoms with E-state index in [-0.39, 0.29) is 5.82 Å². The Balaban J connectivity index is 1.77. The van der Waals surface area contributed by atoms with E-state index in [1.165, 1.54) is 18.4 Å². The van der Waals surface area contributed by atoms with Crippen molar-refractivity contribution >= 4 is 17.0 Å². The first-order valence-corrected chi connectivity index (χ1v) is 7.91. The van der Waals surface area contributed by atoms with Crippen molar-refractivity contribution in [2.24, 2.45) is 0 Å². The Hall–Kier alpha value is -1.39. The van der Waals surface area contributed by atoms with Crippen LogP contribution >= 0.6 is 11.3 Å². The van der Waals surface area contributed by atoms with Crippen LogP contribution in [0.5, 0.6) is 0 Å². The number of nitrogens with zero attached hydrogens (tertiary/aromatic N) is 1. The summed E-state index contributed by atoms with van der Waals surface area (Å²) in [5, 5.41) is 7.61. The third-order valence-electron chi connectivity index (χ3n) is 3.65. The Bertz CT molecular complexity index is 564. The van der Waals surface area contributed by atoms with E-state index in [4.69, 9.17) is 0 Å². The van der Waals surface area contributed by atoms with Gasteiger partial charge in [0, 0.05) is 37.4 Å². The van der Waals surface area contributed by atoms with Crippen molar-refractivity contribution in [3.05, 3.63) is 52.0 Å². The molecule has 1 aromatic heterocycles. The molecular weight excluding hydrogens is 271 g/mol. The summed E-state index contributed by atoms with van der Waals surface area (Å²) in [4.78, 5) is 2.12. The number of halogens is 1. The average molecular weight is 290 g/mol. The highest BCUT2D eigenvalue weighted by Gasteiger charge is 2.22. The van der Waals surface area contributed by atoms with Crippen LogP contribution in [0.25, 0.3) is 0 Å². The zero-order valence-electron chi connectivity index (χ0n) is 11.6. The van der Waals surface area contributed by atoms with Gasteiger partial charge in [0.25, 0.3) is 0 Å². The monoisotopic (exact) mass is 290 g/mol. The molecule has 1 aliphatic carbocycles. The van der Waals surface area contributed by atoms with E-state index >= 15 is 0 Å². The molecule has 3 rings (SSSR count). The van der Waals surface area contributed by atoms with Gasteiger partial charge in [-0.15, -0.1) is 0 Å². The summed E-state index contributed by atoms with van der Waals surface area (Å²) in [6, 6.07) is 8.04. The number of anilines is 1. The van der Waals surface area contributed by atoms with Crippen molar-refractivity contribution in [3.63, 3.8) is 0 Å². The molecule has 106 valence electrons. The zero-order valence-corrected chi connectivity index (χ0v) is 12.4. The van der Waals surface area contributed by atoms with Crippen molar-refractivity contribution in [2.45, 2.75) is 32.0 Å². The lowest BCUT2D eigenvalue weighted by Gasteiger charge is -2.22. The number of thiophene rings is 1. The predicted octanol–water partition coefficient (Wildman–Crippen LogP) is 3.78. The molecule has 2 aromatic rings. The van der Waals surface area contributed by atoms with E-state index in [0.717, 1.165) is 17.8 Å². The van der Waals surface area contributed by atoms with E-state index in [2.05, 4.69) is 27.0 Å². The molecule has 0 bridgehead atoms. The second-order valence-electron chi connectivity index (χ2n) is 5.38. The molecular formula is C16H19FN2S. The highest BCUT2D eigenvalue weighted by molar-refractivity contribution is 7.07. The molecule has 0 unspecified atom stereocenters. The fourth-order valence-corrected chi connectivity index (χ4v) is 3.02. The average Bonchev–Trinajstić information content (AvgIpc) is 3.13. The molecule has 1 saturated carbocycles. The van der Waals surface area contributed by atoms with Crippen molar-refractivity contribution in [1.29, 1.82) is 0 Å². The number of hydrogen-bond donors (Lipinski definition) is 1. The van der Waals surface area contributed by atoms with Crippen molar-refractivity contribution in [2.75, 3.05) is 11.9 Å². The smallest absolute Gasteiger partial charge is 0.129 e. The molecule has 1 aliphatic rings. The van der Waals surface area contributed by atoms with Gasteiger partial charge in [-0.25, -0.2) is 4.39 Å². The van der Waals surface area contributed by atoms with Gasteiger partial charge in [-0.2, -0.15) is 11.3 Å². The standard InChI is InChI=1S/C16H19FN2S/c1-19(10-12-7-8-20-11-12)16-4-2-3-15(17)14(16)9-18-13-5-6-13/h2-4,7-8,11,13,18H,5-6,9-10H2,1H3. The molecule has 0 saturated heterocycles. The predicted molar refractivity (Wildman–Crippen MR) is 82.7 cm³/mol. The largest absolute Gasteiger partial charge is 0.370 e. The molecule has 1 heterocycles. The lowest BCUT2D eigenvalue weighted by molar-refractivity contribution is 0.586. The van der Waals surface area contributed by atoms with Crippen molar-refractivity contribution in [3.8, 4) is 0 Å². The topological polar surface area (TPSA) is 15.3 Å². The number of benzene rings is 1. The second kappa shape index (κ2) is 5.94. The summed E-state index contributed by atoms with van der Waals surface area (Å²) in [7, 11) is 2.02. The van der Waals surface area contributed by atoms with Gasteiger partial charge in [0.2, 0.25) is 0 Å². The minimum Gasteiger partial charge on any atom is -0.370 e. The summed E-state index contributed by atoms with van der Waals surface area (Å²) < 4.78 is 14.1. The van der Waals surface area contributed by atoms with Gasteiger partial charge < -0.3 is 10.2 Å². The Morgan fingerprint density at radius 1 is 1.35 bits per heavy atom. The quantitative estimate of drug-likeness (QED) is 0.871. The van der Waals surface area contributed by atoms with Gasteiger partial charge in [0.1, 0.15) is 5.82 Å². The van der Waals surface area contributed by atoms with Crippen LogP contribution in [0.3, 0.4) is 0 Å². The molecule has 2 nitrogen and oxygen atoms in total. The van der Waals surface area contributed by atoms with E-state index in [9.17, 15) is 4.39 Å². The number of rotatable bonds is 6. The van der Waals surface area contributed by atoms with Crippen LogP contribution in [-0.4, -0.2) is 13.1 Å². The molecule has 0 radical (unpaired) electrons. The first-order valence-electron chi connectivity index (χ1n) is 6.97. The normalized spacial score (nSPS) is 14.5. The first kappa shape index (κ1) is 13.6. The Morgan fingerprint density at radius 3 is 2.90 bits per heavy atom. The fourth-order valence-electron chi connectivity index (χ4n) is 2.36. The van der Waals surface area contributed by atoms with Crippen LogP contribution in [-0.2, 0) is 13.1 Å². The van der Waals surface area contributed by atoms with Crippen LogP contribution in [0.4, 0.5) is 10.1 Å². The highest BCUT2D eigenvalue weighted by Crippen LogP contribution is 2.26. The summed E-state index contributed by atoms with van der Waals surface area (Å²) >= 11 is 1.69. The molecule has 0 amide bonds. The Labute approximate surface area is 123 Å². The van der Waals surface area contributed by atoms with Crippen molar-refractivity contribution < 1.29 is 4.39 Å². The SMILES string of the molecule is CN(Cc1ccsc1)c1cccc(F)c1CNC1CC1.